The first-order valence-corrected chi connectivity index (χ1v) is 20.5. The van der Waals surface area contributed by atoms with Crippen molar-refractivity contribution in [3.63, 3.8) is 0 Å². The number of nitrogens with zero attached hydrogens (tertiary/aromatic N) is 2. The van der Waals surface area contributed by atoms with Gasteiger partial charge in [0.1, 0.15) is 45.7 Å². The molecule has 0 saturated carbocycles. The summed E-state index contributed by atoms with van der Waals surface area (Å²) in [6.07, 6.45) is -2.13. The van der Waals surface area contributed by atoms with Gasteiger partial charge in [-0.15, -0.1) is 0 Å². The summed E-state index contributed by atoms with van der Waals surface area (Å²) in [4.78, 5) is 79.8. The van der Waals surface area contributed by atoms with Gasteiger partial charge in [0.05, 0.1) is 57.9 Å². The molecule has 11 atom stereocenters. The summed E-state index contributed by atoms with van der Waals surface area (Å²) in [6, 6.07) is 3.83. The normalized spacial score (nSPS) is 33.8. The quantitative estimate of drug-likeness (QED) is 0.141. The summed E-state index contributed by atoms with van der Waals surface area (Å²) in [5.74, 6) is -18.0. The van der Waals surface area contributed by atoms with Gasteiger partial charge in [0.25, 0.3) is 11.8 Å². The lowest BCUT2D eigenvalue weighted by atomic mass is 9.54. The molecule has 0 aromatic heterocycles. The van der Waals surface area contributed by atoms with Crippen LogP contribution in [0.15, 0.2) is 75.7 Å². The fourth-order valence-electron chi connectivity index (χ4n) is 11.2. The van der Waals surface area contributed by atoms with E-state index in [0.717, 1.165) is 6.07 Å². The standard InChI is InChI=1S/C22H23ClN2O8.C22H24N2O9.2H2O/c1-21(32)7-6-8-15(25(2)3)17(28)13(20(24)31)19(30)22(8,33)18(29)11(7)16(27)12-10(26)5-4-9(23)14(12)21;1-21(32)7-5-4-6-8(25)9(7)15(26)10-12(21)17(28)13-14(24(2)3)16(27)11(20(23)31)19(30)22(13,33)18(10)29;;/h4-5,7-8,15,26,28-29,32-33H,6H2,1-3H3,(H2,24,31);4-6,12-14,17,25,27-29,32-33H,1-3H3,(H2,23,31);2*1H2/t7-,8-,15-,21-,22-;12-,13-,14+,17+,21-,22+;;/m01../s1. The predicted molar refractivity (Wildman–Crippen MR) is 233 cm³/mol. The van der Waals surface area contributed by atoms with Gasteiger partial charge in [-0.3, -0.25) is 38.6 Å². The first-order valence-electron chi connectivity index (χ1n) is 20.2. The van der Waals surface area contributed by atoms with E-state index in [4.69, 9.17) is 23.1 Å². The lowest BCUT2D eigenvalue weighted by Crippen LogP contribution is -2.70. The Labute approximate surface area is 390 Å². The maximum absolute atomic E-state index is 13.4. The number of amides is 2. The van der Waals surface area contributed by atoms with Crippen molar-refractivity contribution in [3.8, 4) is 11.5 Å². The highest BCUT2D eigenvalue weighted by atomic mass is 35.5. The van der Waals surface area contributed by atoms with Crippen LogP contribution in [0.2, 0.25) is 5.02 Å². The van der Waals surface area contributed by atoms with Gasteiger partial charge in [0.15, 0.2) is 22.8 Å². The van der Waals surface area contributed by atoms with Crippen molar-refractivity contribution in [2.75, 3.05) is 28.2 Å². The van der Waals surface area contributed by atoms with Crippen LogP contribution >= 0.6 is 11.6 Å². The van der Waals surface area contributed by atoms with E-state index in [-0.39, 0.29) is 44.6 Å². The highest BCUT2D eigenvalue weighted by Gasteiger charge is 2.70. The highest BCUT2D eigenvalue weighted by Crippen LogP contribution is 2.59. The van der Waals surface area contributed by atoms with Gasteiger partial charge in [0, 0.05) is 28.0 Å². The number of nitrogens with two attached hydrogens (primary N) is 2. The van der Waals surface area contributed by atoms with E-state index < -0.39 is 156 Å². The summed E-state index contributed by atoms with van der Waals surface area (Å²) in [5, 5.41) is 122. The molecule has 24 heteroatoms. The minimum atomic E-state index is -3.02. The van der Waals surface area contributed by atoms with Crippen LogP contribution in [0.4, 0.5) is 0 Å². The molecule has 2 aromatic carbocycles. The molecule has 2 amide bonds. The second-order valence-corrected chi connectivity index (χ2v) is 18.5. The van der Waals surface area contributed by atoms with Gasteiger partial charge in [-0.1, -0.05) is 23.7 Å². The number of aliphatic hydroxyl groups excluding tert-OH is 5. The minimum Gasteiger partial charge on any atom is -0.510 e. The lowest BCUT2D eigenvalue weighted by Gasteiger charge is -2.55. The molecular weight excluding hydrogens is 924 g/mol. The van der Waals surface area contributed by atoms with E-state index in [1.807, 2.05) is 0 Å². The Morgan fingerprint density at radius 3 is 1.66 bits per heavy atom. The largest absolute Gasteiger partial charge is 0.510 e. The number of carbonyl (C=O) groups is 6. The number of Topliss-reactive ketones (excluding diaryl/α,β-unsaturated/α-hetero) is 4. The third-order valence-electron chi connectivity index (χ3n) is 14.1. The molecule has 0 unspecified atom stereocenters. The van der Waals surface area contributed by atoms with E-state index in [9.17, 15) is 84.9 Å². The molecule has 6 aliphatic rings. The van der Waals surface area contributed by atoms with Gasteiger partial charge in [-0.05, 0) is 72.2 Å². The molecule has 6 aliphatic carbocycles. The number of rotatable bonds is 4. The second kappa shape index (κ2) is 16.8. The Hall–Kier alpha value is -6.25. The van der Waals surface area contributed by atoms with Crippen molar-refractivity contribution in [2.45, 2.75) is 60.9 Å². The predicted octanol–water partition coefficient (Wildman–Crippen LogP) is -2.45. The Kier molecular flexibility index (Phi) is 13.0. The van der Waals surface area contributed by atoms with Gasteiger partial charge in [-0.2, -0.15) is 0 Å². The smallest absolute Gasteiger partial charge is 0.255 e. The minimum absolute atomic E-state index is 0. The number of aromatic hydroxyl groups is 2. The van der Waals surface area contributed by atoms with Crippen molar-refractivity contribution in [3.05, 3.63) is 103 Å². The van der Waals surface area contributed by atoms with Crippen LogP contribution in [0.3, 0.4) is 0 Å². The zero-order valence-corrected chi connectivity index (χ0v) is 37.7. The van der Waals surface area contributed by atoms with Gasteiger partial charge < -0.3 is 78.6 Å². The Bertz CT molecular complexity index is 2760. The molecule has 0 aliphatic heterocycles. The maximum atomic E-state index is 13.4. The Morgan fingerprint density at radius 2 is 1.15 bits per heavy atom. The second-order valence-electron chi connectivity index (χ2n) is 18.1. The van der Waals surface area contributed by atoms with Crippen molar-refractivity contribution in [2.24, 2.45) is 35.1 Å². The van der Waals surface area contributed by atoms with E-state index in [1.165, 1.54) is 76.1 Å². The number of primary amides is 2. The molecule has 2 aromatic rings. The highest BCUT2D eigenvalue weighted by molar-refractivity contribution is 6.33. The zero-order chi connectivity index (χ0) is 49.6. The fourth-order valence-corrected chi connectivity index (χ4v) is 11.5. The SMILES string of the molecule is CN(C)[C@@H]1C(O)=C(C(N)=O)C(=O)[C@@]2(O)C(O)=C3C(=O)c4c(O)ccc(Cl)c4[C@@](C)(O)[C@H]3C[C@@H]12.CN(C)[C@@H]1C(O)=C(C(N)=O)C(=O)[C@@]2(O)C(O)=C3C(=O)c4c(O)cccc4[C@@](C)(O)[C@H]3[C@H](O)[C@@H]12.O.O. The number of ketones is 4. The number of benzene rings is 2. The maximum Gasteiger partial charge on any atom is 0.255 e. The van der Waals surface area contributed by atoms with Crippen LogP contribution in [-0.2, 0) is 30.4 Å². The van der Waals surface area contributed by atoms with Crippen LogP contribution in [0.5, 0.6) is 11.5 Å². The molecule has 19 N–H and O–H groups in total. The third-order valence-corrected chi connectivity index (χ3v) is 14.4. The number of carbonyl (C=O) groups excluding carboxylic acids is 6. The molecule has 68 heavy (non-hydrogen) atoms. The van der Waals surface area contributed by atoms with Crippen molar-refractivity contribution in [1.29, 1.82) is 0 Å². The van der Waals surface area contributed by atoms with Crippen molar-refractivity contribution >= 4 is 46.5 Å². The monoisotopic (exact) mass is 974 g/mol. The molecule has 368 valence electrons. The van der Waals surface area contributed by atoms with Crippen molar-refractivity contribution < 1.29 is 95.9 Å². The Morgan fingerprint density at radius 1 is 0.676 bits per heavy atom. The van der Waals surface area contributed by atoms with E-state index in [0.29, 0.717) is 0 Å². The molecule has 0 bridgehead atoms. The van der Waals surface area contributed by atoms with Gasteiger partial charge in [0.2, 0.25) is 11.6 Å². The molecule has 23 nitrogen and oxygen atoms in total. The van der Waals surface area contributed by atoms with Gasteiger partial charge >= 0.3 is 0 Å². The third kappa shape index (κ3) is 6.60. The summed E-state index contributed by atoms with van der Waals surface area (Å²) in [7, 11) is 5.88. The van der Waals surface area contributed by atoms with E-state index in [1.54, 1.807) is 0 Å². The summed E-state index contributed by atoms with van der Waals surface area (Å²) in [5.41, 5.74) is -3.09. The summed E-state index contributed by atoms with van der Waals surface area (Å²) in [6.45, 7) is 2.59. The van der Waals surface area contributed by atoms with Crippen LogP contribution in [0.1, 0.15) is 52.1 Å². The molecule has 8 rings (SSSR count). The van der Waals surface area contributed by atoms with Gasteiger partial charge in [-0.25, -0.2) is 0 Å². The number of hydrogen-bond acceptors (Lipinski definition) is 19. The fraction of sp³-hybridized carbons (Fsp3) is 0.409. The molecule has 0 radical (unpaired) electrons. The average molecular weight is 975 g/mol. The number of phenols is 2. The lowest BCUT2D eigenvalue weighted by molar-refractivity contribution is -0.173. The van der Waals surface area contributed by atoms with Crippen LogP contribution in [-0.4, -0.2) is 169 Å². The van der Waals surface area contributed by atoms with Crippen LogP contribution in [0.25, 0.3) is 0 Å². The van der Waals surface area contributed by atoms with E-state index in [2.05, 4.69) is 0 Å². The number of aliphatic hydroxyl groups is 9. The molecule has 0 heterocycles. The Balaban J connectivity index is 0.000000247. The number of halogens is 1. The van der Waals surface area contributed by atoms with Crippen LogP contribution < -0.4 is 11.5 Å². The zero-order valence-electron chi connectivity index (χ0n) is 36.9. The first-order chi connectivity index (χ1) is 30.4. The van der Waals surface area contributed by atoms with Crippen LogP contribution in [0, 0.1) is 23.7 Å². The average Bonchev–Trinajstić information content (AvgIpc) is 3.20. The summed E-state index contributed by atoms with van der Waals surface area (Å²) >= 11 is 6.26. The first kappa shape index (κ1) is 52.7. The number of hydrogen-bond donors (Lipinski definition) is 13. The number of fused-ring (bicyclic) bond motifs is 6. The molecule has 0 fully saturated rings. The number of likely N-dealkylation sites (N-methyl/N-ethyl adjacent to an activating group) is 2. The molecular formula is C44H51ClN4O19. The number of phenolic OH excluding ortho intramolecular Hbond substituents is 2. The van der Waals surface area contributed by atoms with E-state index >= 15 is 0 Å². The van der Waals surface area contributed by atoms with Crippen molar-refractivity contribution in [1.82, 2.24) is 9.80 Å². The topological polar surface area (TPSA) is 446 Å². The molecule has 0 saturated heterocycles. The molecule has 0 spiro atoms. The summed E-state index contributed by atoms with van der Waals surface area (Å²) < 4.78 is 0.